The van der Waals surface area contributed by atoms with Crippen LogP contribution >= 0.6 is 7.82 Å². The Labute approximate surface area is 479 Å². The molecule has 0 aliphatic rings. The Kier molecular flexibility index (Phi) is 58.4. The standard InChI is InChI=1S/C67H132NO8P/c1-6-8-10-12-14-16-18-20-22-24-26-28-30-31-32-33-34-35-36-37-38-40-42-44-46-48-50-52-54-56-58-60-67(70)76-65(64-75-77(71,72)74-62-61-68(3,4)5)63-73-66(69)59-57-55-53-51-49-47-45-43-41-39-29-27-25-23-21-19-17-15-13-11-9-7-2/h24,26,65H,6-23,25,27-64H2,1-5H3/b26-24-. The third-order valence-corrected chi connectivity index (χ3v) is 16.5. The van der Waals surface area contributed by atoms with E-state index in [2.05, 4.69) is 26.0 Å². The number of allylic oxidation sites excluding steroid dienone is 2. The molecule has 0 N–H and O–H groups in total. The monoisotopic (exact) mass is 1110 g/mol. The first-order valence-corrected chi connectivity index (χ1v) is 35.4. The predicted molar refractivity (Wildman–Crippen MR) is 328 cm³/mol. The van der Waals surface area contributed by atoms with Gasteiger partial charge in [-0.15, -0.1) is 0 Å². The zero-order valence-electron chi connectivity index (χ0n) is 52.2. The fraction of sp³-hybridized carbons (Fsp3) is 0.940. The van der Waals surface area contributed by atoms with Crippen molar-refractivity contribution >= 4 is 19.8 Å². The SMILES string of the molecule is CCCCCCCCCC/C=C\CCCCCCCCCCCCCCCCCCCCCC(=O)OC(COC(=O)CCCCCCCCCCCCCCCCCCCCCCCC)COP(=O)([O-])OCC[N+](C)(C)C. The Hall–Kier alpha value is -1.25. The number of unbranched alkanes of at least 4 members (excludes halogenated alkanes) is 48. The number of phosphoric ester groups is 1. The molecule has 0 aliphatic heterocycles. The van der Waals surface area contributed by atoms with Gasteiger partial charge < -0.3 is 27.9 Å². The summed E-state index contributed by atoms with van der Waals surface area (Å²) in [5.41, 5.74) is 0. The van der Waals surface area contributed by atoms with Crippen molar-refractivity contribution in [1.29, 1.82) is 0 Å². The summed E-state index contributed by atoms with van der Waals surface area (Å²) >= 11 is 0. The van der Waals surface area contributed by atoms with Crippen LogP contribution in [0.5, 0.6) is 0 Å². The van der Waals surface area contributed by atoms with E-state index in [1.165, 1.54) is 289 Å². The second kappa shape index (κ2) is 59.4. The van der Waals surface area contributed by atoms with Gasteiger partial charge in [-0.25, -0.2) is 0 Å². The van der Waals surface area contributed by atoms with Crippen molar-refractivity contribution in [3.05, 3.63) is 12.2 Å². The maximum Gasteiger partial charge on any atom is 0.306 e. The van der Waals surface area contributed by atoms with Crippen molar-refractivity contribution in [2.24, 2.45) is 0 Å². The first-order valence-electron chi connectivity index (χ1n) is 33.9. The Morgan fingerprint density at radius 1 is 0.390 bits per heavy atom. The smallest absolute Gasteiger partial charge is 0.306 e. The zero-order valence-corrected chi connectivity index (χ0v) is 53.1. The maximum absolute atomic E-state index is 12.8. The van der Waals surface area contributed by atoms with Crippen LogP contribution in [0.2, 0.25) is 0 Å². The fourth-order valence-electron chi connectivity index (χ4n) is 10.3. The van der Waals surface area contributed by atoms with Gasteiger partial charge in [0.15, 0.2) is 6.10 Å². The Balaban J connectivity index is 3.99. The predicted octanol–water partition coefficient (Wildman–Crippen LogP) is 20.9. The van der Waals surface area contributed by atoms with Gasteiger partial charge in [-0.2, -0.15) is 0 Å². The van der Waals surface area contributed by atoms with E-state index >= 15 is 0 Å². The number of carbonyl (C=O) groups excluding carboxylic acids is 2. The second-order valence-corrected chi connectivity index (χ2v) is 26.0. The zero-order chi connectivity index (χ0) is 56.3. The molecule has 2 atom stereocenters. The number of esters is 2. The Morgan fingerprint density at radius 2 is 0.662 bits per heavy atom. The van der Waals surface area contributed by atoms with Gasteiger partial charge >= 0.3 is 11.9 Å². The van der Waals surface area contributed by atoms with Crippen molar-refractivity contribution in [1.82, 2.24) is 0 Å². The van der Waals surface area contributed by atoms with Gasteiger partial charge in [-0.1, -0.05) is 315 Å². The molecular weight excluding hydrogens is 978 g/mol. The summed E-state index contributed by atoms with van der Waals surface area (Å²) in [5, 5.41) is 0. The van der Waals surface area contributed by atoms with Gasteiger partial charge in [-0.3, -0.25) is 14.2 Å². The highest BCUT2D eigenvalue weighted by Gasteiger charge is 2.22. The lowest BCUT2D eigenvalue weighted by atomic mass is 10.0. The van der Waals surface area contributed by atoms with E-state index in [1.54, 1.807) is 0 Å². The van der Waals surface area contributed by atoms with Crippen molar-refractivity contribution < 1.29 is 42.1 Å². The highest BCUT2D eigenvalue weighted by Crippen LogP contribution is 2.38. The number of rotatable bonds is 64. The first kappa shape index (κ1) is 75.8. The van der Waals surface area contributed by atoms with Crippen LogP contribution in [0.15, 0.2) is 12.2 Å². The molecule has 0 radical (unpaired) electrons. The summed E-state index contributed by atoms with van der Waals surface area (Å²) < 4.78 is 34.3. The van der Waals surface area contributed by atoms with Crippen LogP contribution in [0.1, 0.15) is 354 Å². The summed E-state index contributed by atoms with van der Waals surface area (Å²) in [5.74, 6) is -0.807. The number of ether oxygens (including phenoxy) is 2. The molecule has 0 amide bonds. The minimum absolute atomic E-state index is 0.0259. The average Bonchev–Trinajstić information content (AvgIpc) is 3.39. The van der Waals surface area contributed by atoms with Crippen LogP contribution in [0.4, 0.5) is 0 Å². The van der Waals surface area contributed by atoms with Gasteiger partial charge in [0, 0.05) is 12.8 Å². The molecule has 0 aliphatic carbocycles. The van der Waals surface area contributed by atoms with Crippen molar-refractivity contribution in [3.8, 4) is 0 Å². The summed E-state index contributed by atoms with van der Waals surface area (Å²) in [7, 11) is 1.19. The third kappa shape index (κ3) is 63.8. The van der Waals surface area contributed by atoms with E-state index in [0.717, 1.165) is 32.1 Å². The van der Waals surface area contributed by atoms with Crippen molar-refractivity contribution in [2.45, 2.75) is 360 Å². The summed E-state index contributed by atoms with van der Waals surface area (Å²) in [6.07, 6.45) is 71.5. The molecule has 0 fully saturated rings. The van der Waals surface area contributed by atoms with Gasteiger partial charge in [0.05, 0.1) is 27.7 Å². The average molecular weight is 1110 g/mol. The molecule has 9 nitrogen and oxygen atoms in total. The number of carbonyl (C=O) groups is 2. The molecule has 458 valence electrons. The molecule has 0 aromatic heterocycles. The summed E-state index contributed by atoms with van der Waals surface area (Å²) in [6, 6.07) is 0. The van der Waals surface area contributed by atoms with E-state index < -0.39 is 26.5 Å². The lowest BCUT2D eigenvalue weighted by molar-refractivity contribution is -0.870. The van der Waals surface area contributed by atoms with Crippen molar-refractivity contribution in [2.75, 3.05) is 47.5 Å². The molecule has 2 unspecified atom stereocenters. The number of phosphoric acid groups is 1. The summed E-state index contributed by atoms with van der Waals surface area (Å²) in [4.78, 5) is 38.0. The molecule has 0 heterocycles. The lowest BCUT2D eigenvalue weighted by Crippen LogP contribution is -2.37. The number of hydrogen-bond donors (Lipinski definition) is 0. The minimum Gasteiger partial charge on any atom is -0.756 e. The minimum atomic E-state index is -4.63. The quantitative estimate of drug-likeness (QED) is 0.0195. The molecule has 0 aromatic carbocycles. The molecule has 77 heavy (non-hydrogen) atoms. The molecule has 0 saturated carbocycles. The van der Waals surface area contributed by atoms with E-state index in [9.17, 15) is 19.0 Å². The van der Waals surface area contributed by atoms with E-state index in [4.69, 9.17) is 18.5 Å². The van der Waals surface area contributed by atoms with E-state index in [0.29, 0.717) is 17.4 Å². The van der Waals surface area contributed by atoms with E-state index in [-0.39, 0.29) is 32.0 Å². The number of quaternary nitrogens is 1. The highest BCUT2D eigenvalue weighted by atomic mass is 31.2. The van der Waals surface area contributed by atoms with Crippen LogP contribution < -0.4 is 4.89 Å². The van der Waals surface area contributed by atoms with Crippen LogP contribution in [-0.4, -0.2) is 70.0 Å². The number of likely N-dealkylation sites (N-methyl/N-ethyl adjacent to an activating group) is 1. The number of hydrogen-bond acceptors (Lipinski definition) is 8. The largest absolute Gasteiger partial charge is 0.756 e. The van der Waals surface area contributed by atoms with Gasteiger partial charge in [-0.05, 0) is 38.5 Å². The van der Waals surface area contributed by atoms with Crippen LogP contribution in [0, 0.1) is 0 Å². The third-order valence-electron chi connectivity index (χ3n) is 15.5. The van der Waals surface area contributed by atoms with Crippen molar-refractivity contribution in [3.63, 3.8) is 0 Å². The van der Waals surface area contributed by atoms with Gasteiger partial charge in [0.25, 0.3) is 7.82 Å². The maximum atomic E-state index is 12.8. The first-order chi connectivity index (χ1) is 37.5. The fourth-order valence-corrected chi connectivity index (χ4v) is 11.0. The van der Waals surface area contributed by atoms with Gasteiger partial charge in [0.2, 0.25) is 0 Å². The van der Waals surface area contributed by atoms with Crippen LogP contribution in [-0.2, 0) is 32.7 Å². The molecule has 0 aromatic rings. The van der Waals surface area contributed by atoms with Crippen LogP contribution in [0.3, 0.4) is 0 Å². The molecule has 10 heteroatoms. The van der Waals surface area contributed by atoms with E-state index in [1.807, 2.05) is 21.1 Å². The van der Waals surface area contributed by atoms with Gasteiger partial charge in [0.1, 0.15) is 19.8 Å². The number of nitrogens with zero attached hydrogens (tertiary/aromatic N) is 1. The molecule has 0 spiro atoms. The topological polar surface area (TPSA) is 111 Å². The lowest BCUT2D eigenvalue weighted by Gasteiger charge is -2.28. The molecule has 0 rings (SSSR count). The molecule has 0 saturated heterocycles. The molecule has 0 bridgehead atoms. The second-order valence-electron chi connectivity index (χ2n) is 24.6. The molecular formula is C67H132NO8P. The Bertz CT molecular complexity index is 1300. The summed E-state index contributed by atoms with van der Waals surface area (Å²) in [6.45, 7) is 4.32. The van der Waals surface area contributed by atoms with Crippen LogP contribution in [0.25, 0.3) is 0 Å². The normalized spacial score (nSPS) is 13.2. The Morgan fingerprint density at radius 3 is 0.961 bits per heavy atom. The highest BCUT2D eigenvalue weighted by molar-refractivity contribution is 7.45.